The van der Waals surface area contributed by atoms with E-state index < -0.39 is 86.4 Å². The molecule has 6 N–H and O–H groups in total. The number of nitrogens with two attached hydrogens (primary N) is 2. The Labute approximate surface area is 204 Å². The van der Waals surface area contributed by atoms with E-state index in [1.54, 1.807) is 0 Å². The van der Waals surface area contributed by atoms with E-state index in [4.69, 9.17) is 11.5 Å². The molecular weight excluding hydrogens is 556 g/mol. The van der Waals surface area contributed by atoms with Gasteiger partial charge in [-0.25, -0.2) is 0 Å². The summed E-state index contributed by atoms with van der Waals surface area (Å²) in [6, 6.07) is 0.590. The summed E-state index contributed by atoms with van der Waals surface area (Å²) in [5.74, 6) is -1.67. The van der Waals surface area contributed by atoms with Crippen molar-refractivity contribution in [3.05, 3.63) is 57.6 Å². The van der Waals surface area contributed by atoms with E-state index in [2.05, 4.69) is 0 Å². The van der Waals surface area contributed by atoms with E-state index >= 15 is 0 Å². The first-order chi connectivity index (χ1) is 16.7. The number of carbonyl (C=O) groups is 1. The molecule has 2 aromatic rings. The third-order valence-corrected chi connectivity index (χ3v) is 5.70. The predicted molar refractivity (Wildman–Crippen MR) is 107 cm³/mol. The molecule has 2 rings (SSSR count). The summed E-state index contributed by atoms with van der Waals surface area (Å²) in [6.45, 7) is 1.87. The van der Waals surface area contributed by atoms with Gasteiger partial charge in [0, 0.05) is 33.6 Å². The first kappa shape index (κ1) is 31.0. The third-order valence-electron chi connectivity index (χ3n) is 5.70. The molecule has 0 saturated carbocycles. The molecule has 0 heterocycles. The number of benzene rings is 2. The third kappa shape index (κ3) is 4.61. The number of hydrogen-bond donors (Lipinski definition) is 4. The standard InChI is InChI=1S/C21H16F12N2O3/c1-7-3-13(34)11(16(37,18(22,23)24)19(25,26)27)5-9(7)15(36)10-6-12(14(35)4-8(10)2)17(38,20(28,29)30)21(31,32)33/h3-6,37-38H,34-35H2,1-2H3. The van der Waals surface area contributed by atoms with Crippen LogP contribution in [-0.2, 0) is 11.2 Å². The van der Waals surface area contributed by atoms with Crippen LogP contribution in [0.2, 0.25) is 0 Å². The van der Waals surface area contributed by atoms with Crippen LogP contribution in [0.5, 0.6) is 0 Å². The highest BCUT2D eigenvalue weighted by Crippen LogP contribution is 2.53. The van der Waals surface area contributed by atoms with Crippen LogP contribution in [0.15, 0.2) is 24.3 Å². The lowest BCUT2D eigenvalue weighted by Gasteiger charge is -2.34. The Balaban J connectivity index is 2.92. The highest BCUT2D eigenvalue weighted by atomic mass is 19.4. The topological polar surface area (TPSA) is 110 Å². The molecular formula is C21H16F12N2O3. The molecule has 0 saturated heterocycles. The van der Waals surface area contributed by atoms with Gasteiger partial charge in [-0.15, -0.1) is 0 Å². The van der Waals surface area contributed by atoms with Gasteiger partial charge in [-0.1, -0.05) is 0 Å². The Morgan fingerprint density at radius 1 is 0.579 bits per heavy atom. The van der Waals surface area contributed by atoms with Gasteiger partial charge in [0.15, 0.2) is 5.78 Å². The summed E-state index contributed by atoms with van der Waals surface area (Å²) in [6.07, 6.45) is -25.7. The zero-order chi connectivity index (χ0) is 30.0. The van der Waals surface area contributed by atoms with Gasteiger partial charge in [-0.2, -0.15) is 52.7 Å². The fraction of sp³-hybridized carbons (Fsp3) is 0.381. The molecule has 0 radical (unpaired) electrons. The molecule has 5 nitrogen and oxygen atoms in total. The summed E-state index contributed by atoms with van der Waals surface area (Å²) >= 11 is 0. The van der Waals surface area contributed by atoms with Gasteiger partial charge < -0.3 is 21.7 Å². The highest BCUT2D eigenvalue weighted by Gasteiger charge is 2.73. The molecule has 0 atom stereocenters. The number of nitrogen functional groups attached to an aromatic ring is 2. The normalized spacial score (nSPS) is 14.1. The number of rotatable bonds is 4. The van der Waals surface area contributed by atoms with Gasteiger partial charge >= 0.3 is 24.7 Å². The number of alkyl halides is 12. The van der Waals surface area contributed by atoms with Gasteiger partial charge in [0.05, 0.1) is 0 Å². The molecule has 2 aromatic carbocycles. The van der Waals surface area contributed by atoms with Crippen LogP contribution in [0.25, 0.3) is 0 Å². The minimum absolute atomic E-state index is 0.122. The molecule has 0 aromatic heterocycles. The second kappa shape index (κ2) is 8.93. The molecule has 0 spiro atoms. The maximum Gasteiger partial charge on any atom is 0.430 e. The van der Waals surface area contributed by atoms with Gasteiger partial charge in [-0.3, -0.25) is 4.79 Å². The summed E-state index contributed by atoms with van der Waals surface area (Å²) in [7, 11) is 0. The first-order valence-electron chi connectivity index (χ1n) is 9.81. The quantitative estimate of drug-likeness (QED) is 0.225. The average molecular weight is 572 g/mol. The second-order valence-electron chi connectivity index (χ2n) is 8.25. The van der Waals surface area contributed by atoms with Crippen LogP contribution in [0.1, 0.15) is 38.2 Å². The molecule has 38 heavy (non-hydrogen) atoms. The fourth-order valence-electron chi connectivity index (χ4n) is 3.65. The lowest BCUT2D eigenvalue weighted by atomic mass is 9.84. The Morgan fingerprint density at radius 3 is 1.03 bits per heavy atom. The lowest BCUT2D eigenvalue weighted by Crippen LogP contribution is -2.54. The van der Waals surface area contributed by atoms with Gasteiger partial charge in [0.2, 0.25) is 0 Å². The summed E-state index contributed by atoms with van der Waals surface area (Å²) in [5.41, 5.74) is -10.5. The highest BCUT2D eigenvalue weighted by molar-refractivity contribution is 6.11. The largest absolute Gasteiger partial charge is 0.430 e. The number of anilines is 2. The van der Waals surface area contributed by atoms with E-state index in [9.17, 15) is 67.7 Å². The van der Waals surface area contributed by atoms with E-state index in [0.717, 1.165) is 13.8 Å². The number of aliphatic hydroxyl groups is 2. The van der Waals surface area contributed by atoms with Crippen molar-refractivity contribution in [3.63, 3.8) is 0 Å². The van der Waals surface area contributed by atoms with Crippen molar-refractivity contribution >= 4 is 17.2 Å². The van der Waals surface area contributed by atoms with Crippen molar-refractivity contribution in [1.29, 1.82) is 0 Å². The Hall–Kier alpha value is -3.21. The first-order valence-corrected chi connectivity index (χ1v) is 9.81. The Bertz CT molecular complexity index is 1140. The summed E-state index contributed by atoms with van der Waals surface area (Å²) in [5, 5.41) is 19.4. The van der Waals surface area contributed by atoms with Crippen molar-refractivity contribution in [1.82, 2.24) is 0 Å². The van der Waals surface area contributed by atoms with Crippen molar-refractivity contribution in [2.75, 3.05) is 11.5 Å². The lowest BCUT2D eigenvalue weighted by molar-refractivity contribution is -0.376. The van der Waals surface area contributed by atoms with Gasteiger partial charge in [-0.05, 0) is 49.2 Å². The predicted octanol–water partition coefficient (Wildman–Crippen LogP) is 5.32. The van der Waals surface area contributed by atoms with Gasteiger partial charge in [0.1, 0.15) is 0 Å². The average Bonchev–Trinajstić information content (AvgIpc) is 2.69. The molecule has 0 unspecified atom stereocenters. The SMILES string of the molecule is Cc1cc(N)c(C(O)(C(F)(F)F)C(F)(F)F)cc1C(=O)c1cc(C(O)(C(F)(F)F)C(F)(F)F)c(N)cc1C. The van der Waals surface area contributed by atoms with Crippen LogP contribution in [0.3, 0.4) is 0 Å². The van der Waals surface area contributed by atoms with Crippen LogP contribution in [-0.4, -0.2) is 40.7 Å². The number of aryl methyl sites for hydroxylation is 2. The molecule has 17 heteroatoms. The second-order valence-corrected chi connectivity index (χ2v) is 8.25. The van der Waals surface area contributed by atoms with E-state index in [-0.39, 0.29) is 12.1 Å². The monoisotopic (exact) mass is 572 g/mol. The molecule has 0 bridgehead atoms. The number of carbonyl (C=O) groups excluding carboxylic acids is 1. The number of ketones is 1. The fourth-order valence-corrected chi connectivity index (χ4v) is 3.65. The molecule has 0 aliphatic heterocycles. The van der Waals surface area contributed by atoms with Crippen molar-refractivity contribution in [3.8, 4) is 0 Å². The number of halogens is 12. The zero-order valence-corrected chi connectivity index (χ0v) is 18.8. The smallest absolute Gasteiger partial charge is 0.398 e. The summed E-state index contributed by atoms with van der Waals surface area (Å²) in [4.78, 5) is 13.1. The van der Waals surface area contributed by atoms with Crippen molar-refractivity contribution in [2.45, 2.75) is 49.8 Å². The molecule has 0 amide bonds. The van der Waals surface area contributed by atoms with E-state index in [1.165, 1.54) is 0 Å². The van der Waals surface area contributed by atoms with E-state index in [0.29, 0.717) is 12.1 Å². The minimum atomic E-state index is -6.44. The maximum atomic E-state index is 13.4. The Kier molecular flexibility index (Phi) is 7.29. The molecule has 212 valence electrons. The zero-order valence-electron chi connectivity index (χ0n) is 18.8. The minimum Gasteiger partial charge on any atom is -0.398 e. The Morgan fingerprint density at radius 2 is 0.816 bits per heavy atom. The van der Waals surface area contributed by atoms with Crippen LogP contribution in [0, 0.1) is 13.8 Å². The van der Waals surface area contributed by atoms with Crippen LogP contribution >= 0.6 is 0 Å². The number of hydrogen-bond acceptors (Lipinski definition) is 5. The molecule has 0 aliphatic rings. The van der Waals surface area contributed by atoms with Gasteiger partial charge in [0.25, 0.3) is 11.2 Å². The molecule has 0 fully saturated rings. The van der Waals surface area contributed by atoms with Crippen molar-refractivity contribution in [2.24, 2.45) is 0 Å². The van der Waals surface area contributed by atoms with E-state index in [1.807, 2.05) is 0 Å². The molecule has 0 aliphatic carbocycles. The van der Waals surface area contributed by atoms with Crippen LogP contribution in [0.4, 0.5) is 64.1 Å². The summed E-state index contributed by atoms with van der Waals surface area (Å²) < 4.78 is 160. The maximum absolute atomic E-state index is 13.4. The van der Waals surface area contributed by atoms with Crippen LogP contribution < -0.4 is 11.5 Å². The van der Waals surface area contributed by atoms with Crippen molar-refractivity contribution < 1.29 is 67.7 Å².